The summed E-state index contributed by atoms with van der Waals surface area (Å²) >= 11 is 0. The smallest absolute Gasteiger partial charge is 0.291 e. The van der Waals surface area contributed by atoms with E-state index >= 15 is 0 Å². The van der Waals surface area contributed by atoms with Gasteiger partial charge in [-0.1, -0.05) is 20.8 Å². The molecular weight excluding hydrogens is 292 g/mol. The Balaban J connectivity index is 1.94. The summed E-state index contributed by atoms with van der Waals surface area (Å²) in [6.45, 7) is 8.71. The summed E-state index contributed by atoms with van der Waals surface area (Å²) in [5, 5.41) is 10.8. The highest BCUT2D eigenvalue weighted by Crippen LogP contribution is 2.20. The fourth-order valence-corrected chi connectivity index (χ4v) is 1.86. The summed E-state index contributed by atoms with van der Waals surface area (Å²) in [5.74, 6) is 0.457. The van der Waals surface area contributed by atoms with Gasteiger partial charge in [0.1, 0.15) is 5.75 Å². The van der Waals surface area contributed by atoms with E-state index in [9.17, 15) is 4.79 Å². The third kappa shape index (κ3) is 4.67. The molecule has 0 unspecified atom stereocenters. The van der Waals surface area contributed by atoms with E-state index in [1.807, 2.05) is 52.0 Å². The van der Waals surface area contributed by atoms with Crippen molar-refractivity contribution in [2.45, 2.75) is 33.1 Å². The van der Waals surface area contributed by atoms with Gasteiger partial charge in [0, 0.05) is 11.1 Å². The first-order valence-corrected chi connectivity index (χ1v) is 7.52. The Hall–Kier alpha value is -2.63. The third-order valence-corrected chi connectivity index (χ3v) is 3.19. The Kier molecular flexibility index (Phi) is 5.16. The molecule has 122 valence electrons. The van der Waals surface area contributed by atoms with Crippen LogP contribution in [-0.4, -0.2) is 28.9 Å². The monoisotopic (exact) mass is 314 g/mol. The number of hydrogen-bond donors (Lipinski definition) is 2. The van der Waals surface area contributed by atoms with Gasteiger partial charge in [0.2, 0.25) is 0 Å². The molecule has 1 amide bonds. The van der Waals surface area contributed by atoms with E-state index in [4.69, 9.17) is 4.74 Å². The van der Waals surface area contributed by atoms with Crippen LogP contribution in [-0.2, 0) is 5.41 Å². The van der Waals surface area contributed by atoms with Crippen LogP contribution in [0, 0.1) is 0 Å². The van der Waals surface area contributed by atoms with Gasteiger partial charge >= 0.3 is 0 Å². The number of hydrazone groups is 1. The lowest BCUT2D eigenvalue weighted by atomic mass is 9.92. The highest BCUT2D eigenvalue weighted by Gasteiger charge is 2.19. The van der Waals surface area contributed by atoms with Gasteiger partial charge in [-0.05, 0) is 42.8 Å². The minimum Gasteiger partial charge on any atom is -0.494 e. The first-order chi connectivity index (χ1) is 10.9. The molecule has 0 radical (unpaired) electrons. The SMILES string of the molecule is CCOc1ccc(/C=N/NC(=O)c2cc(C(C)(C)C)[nH]n2)cc1. The second-order valence-corrected chi connectivity index (χ2v) is 6.12. The molecular formula is C17H22N4O2. The molecule has 1 aromatic carbocycles. The van der Waals surface area contributed by atoms with Gasteiger partial charge in [0.15, 0.2) is 5.69 Å². The van der Waals surface area contributed by atoms with Crippen molar-refractivity contribution in [2.24, 2.45) is 5.10 Å². The number of rotatable bonds is 5. The topological polar surface area (TPSA) is 79.4 Å². The normalized spacial score (nSPS) is 11.7. The molecule has 0 saturated heterocycles. The zero-order valence-electron chi connectivity index (χ0n) is 13.9. The first-order valence-electron chi connectivity index (χ1n) is 7.52. The van der Waals surface area contributed by atoms with Crippen molar-refractivity contribution in [1.29, 1.82) is 0 Å². The predicted molar refractivity (Wildman–Crippen MR) is 90.0 cm³/mol. The molecule has 0 aliphatic rings. The van der Waals surface area contributed by atoms with Gasteiger partial charge < -0.3 is 4.74 Å². The number of carbonyl (C=O) groups excluding carboxylic acids is 1. The van der Waals surface area contributed by atoms with E-state index in [0.717, 1.165) is 17.0 Å². The van der Waals surface area contributed by atoms with Crippen LogP contribution in [0.3, 0.4) is 0 Å². The van der Waals surface area contributed by atoms with Crippen LogP contribution in [0.4, 0.5) is 0 Å². The van der Waals surface area contributed by atoms with Gasteiger partial charge in [-0.2, -0.15) is 10.2 Å². The number of benzene rings is 1. The molecule has 6 heteroatoms. The van der Waals surface area contributed by atoms with Crippen molar-refractivity contribution in [2.75, 3.05) is 6.61 Å². The molecule has 2 rings (SSSR count). The van der Waals surface area contributed by atoms with Crippen LogP contribution in [0.25, 0.3) is 0 Å². The Morgan fingerprint density at radius 2 is 2.04 bits per heavy atom. The number of nitrogens with zero attached hydrogens (tertiary/aromatic N) is 2. The maximum Gasteiger partial charge on any atom is 0.291 e. The Morgan fingerprint density at radius 3 is 2.61 bits per heavy atom. The Morgan fingerprint density at radius 1 is 1.35 bits per heavy atom. The highest BCUT2D eigenvalue weighted by atomic mass is 16.5. The van der Waals surface area contributed by atoms with Crippen LogP contribution < -0.4 is 10.2 Å². The van der Waals surface area contributed by atoms with E-state index in [0.29, 0.717) is 12.3 Å². The molecule has 6 nitrogen and oxygen atoms in total. The summed E-state index contributed by atoms with van der Waals surface area (Å²) in [6, 6.07) is 9.19. The van der Waals surface area contributed by atoms with Crippen molar-refractivity contribution in [3.05, 3.63) is 47.3 Å². The number of amides is 1. The van der Waals surface area contributed by atoms with Crippen LogP contribution in [0.15, 0.2) is 35.4 Å². The molecule has 0 aliphatic heterocycles. The molecule has 1 aromatic heterocycles. The quantitative estimate of drug-likeness (QED) is 0.658. The van der Waals surface area contributed by atoms with Crippen molar-refractivity contribution in [1.82, 2.24) is 15.6 Å². The third-order valence-electron chi connectivity index (χ3n) is 3.19. The maximum absolute atomic E-state index is 12.0. The lowest BCUT2D eigenvalue weighted by Crippen LogP contribution is -2.18. The average molecular weight is 314 g/mol. The standard InChI is InChI=1S/C17H22N4O2/c1-5-23-13-8-6-12(7-9-13)11-18-21-16(22)14-10-15(20-19-14)17(2,3)4/h6-11H,5H2,1-4H3,(H,19,20)(H,21,22)/b18-11+. The number of H-pyrrole nitrogens is 1. The molecule has 0 aliphatic carbocycles. The van der Waals surface area contributed by atoms with Gasteiger partial charge in [-0.3, -0.25) is 9.89 Å². The summed E-state index contributed by atoms with van der Waals surface area (Å²) in [4.78, 5) is 12.0. The summed E-state index contributed by atoms with van der Waals surface area (Å²) in [6.07, 6.45) is 1.57. The van der Waals surface area contributed by atoms with Gasteiger partial charge in [0.05, 0.1) is 12.8 Å². The Bertz CT molecular complexity index is 681. The van der Waals surface area contributed by atoms with Crippen molar-refractivity contribution < 1.29 is 9.53 Å². The number of nitrogens with one attached hydrogen (secondary N) is 2. The Labute approximate surface area is 135 Å². The molecule has 0 saturated carbocycles. The molecule has 2 aromatic rings. The average Bonchev–Trinajstić information content (AvgIpc) is 2.99. The molecule has 0 atom stereocenters. The van der Waals surface area contributed by atoms with Crippen molar-refractivity contribution in [3.63, 3.8) is 0 Å². The van der Waals surface area contributed by atoms with Crippen LogP contribution in [0.2, 0.25) is 0 Å². The summed E-state index contributed by atoms with van der Waals surface area (Å²) in [7, 11) is 0. The number of hydrogen-bond acceptors (Lipinski definition) is 4. The zero-order chi connectivity index (χ0) is 16.9. The lowest BCUT2D eigenvalue weighted by molar-refractivity contribution is 0.0950. The van der Waals surface area contributed by atoms with Crippen molar-refractivity contribution >= 4 is 12.1 Å². The first kappa shape index (κ1) is 16.7. The van der Waals surface area contributed by atoms with Gasteiger partial charge in [-0.25, -0.2) is 5.43 Å². The van der Waals surface area contributed by atoms with Crippen LogP contribution >= 0.6 is 0 Å². The summed E-state index contributed by atoms with van der Waals surface area (Å²) in [5.41, 5.74) is 4.47. The van der Waals surface area contributed by atoms with Crippen molar-refractivity contribution in [3.8, 4) is 5.75 Å². The van der Waals surface area contributed by atoms with E-state index in [2.05, 4.69) is 20.7 Å². The van der Waals surface area contributed by atoms with Crippen LogP contribution in [0.1, 0.15) is 49.4 Å². The predicted octanol–water partition coefficient (Wildman–Crippen LogP) is 2.87. The van der Waals surface area contributed by atoms with Gasteiger partial charge in [0.25, 0.3) is 5.91 Å². The number of aromatic amines is 1. The molecule has 1 heterocycles. The summed E-state index contributed by atoms with van der Waals surface area (Å²) < 4.78 is 5.37. The maximum atomic E-state index is 12.0. The van der Waals surface area contributed by atoms with E-state index in [1.54, 1.807) is 12.3 Å². The number of aromatic nitrogens is 2. The lowest BCUT2D eigenvalue weighted by Gasteiger charge is -2.14. The van der Waals surface area contributed by atoms with E-state index in [1.165, 1.54) is 0 Å². The molecule has 0 fully saturated rings. The number of carbonyl (C=O) groups is 1. The minimum atomic E-state index is -0.348. The molecule has 0 bridgehead atoms. The fourth-order valence-electron chi connectivity index (χ4n) is 1.86. The second-order valence-electron chi connectivity index (χ2n) is 6.12. The van der Waals surface area contributed by atoms with E-state index in [-0.39, 0.29) is 11.3 Å². The number of ether oxygens (including phenoxy) is 1. The van der Waals surface area contributed by atoms with E-state index < -0.39 is 0 Å². The minimum absolute atomic E-state index is 0.0862. The van der Waals surface area contributed by atoms with Gasteiger partial charge in [-0.15, -0.1) is 0 Å². The second kappa shape index (κ2) is 7.09. The fraction of sp³-hybridized carbons (Fsp3) is 0.353. The van der Waals surface area contributed by atoms with Crippen LogP contribution in [0.5, 0.6) is 5.75 Å². The zero-order valence-corrected chi connectivity index (χ0v) is 13.9. The molecule has 2 N–H and O–H groups in total. The molecule has 23 heavy (non-hydrogen) atoms. The highest BCUT2D eigenvalue weighted by molar-refractivity contribution is 5.93. The molecule has 0 spiro atoms. The largest absolute Gasteiger partial charge is 0.494 e.